The Morgan fingerprint density at radius 2 is 1.68 bits per heavy atom. The van der Waals surface area contributed by atoms with E-state index in [1.165, 1.54) is 0 Å². The van der Waals surface area contributed by atoms with Crippen molar-refractivity contribution >= 4 is 29.1 Å². The number of benzene rings is 1. The van der Waals surface area contributed by atoms with E-state index >= 15 is 0 Å². The molecule has 1 aliphatic carbocycles. The van der Waals surface area contributed by atoms with Gasteiger partial charge in [-0.1, -0.05) is 29.8 Å². The molecule has 1 aromatic carbocycles. The number of carbonyl (C=O) groups excluding carboxylic acids is 2. The molecule has 0 radical (unpaired) electrons. The van der Waals surface area contributed by atoms with Crippen LogP contribution in [0, 0.1) is 0 Å². The van der Waals surface area contributed by atoms with Crippen molar-refractivity contribution in [3.05, 3.63) is 58.9 Å². The number of halogens is 1. The molecule has 2 amide bonds. The molecule has 3 rings (SSSR count). The number of nitrogens with one attached hydrogen (secondary N) is 2. The fraction of sp³-hybridized carbons (Fsp3) is 0.188. The van der Waals surface area contributed by atoms with Crippen molar-refractivity contribution in [1.82, 2.24) is 10.3 Å². The van der Waals surface area contributed by atoms with Gasteiger partial charge in [-0.15, -0.1) is 0 Å². The lowest BCUT2D eigenvalue weighted by atomic mass is 10.2. The smallest absolute Gasteiger partial charge is 0.274 e. The summed E-state index contributed by atoms with van der Waals surface area (Å²) in [6.45, 7) is 0. The van der Waals surface area contributed by atoms with Gasteiger partial charge in [0, 0.05) is 6.04 Å². The van der Waals surface area contributed by atoms with Crippen LogP contribution in [0.1, 0.15) is 33.8 Å². The largest absolute Gasteiger partial charge is 0.348 e. The summed E-state index contributed by atoms with van der Waals surface area (Å²) in [5.74, 6) is -0.663. The van der Waals surface area contributed by atoms with Crippen LogP contribution in [0.2, 0.25) is 5.02 Å². The first-order chi connectivity index (χ1) is 10.6. The van der Waals surface area contributed by atoms with Gasteiger partial charge in [-0.3, -0.25) is 9.59 Å². The Balaban J connectivity index is 1.75. The van der Waals surface area contributed by atoms with Crippen LogP contribution in [-0.2, 0) is 0 Å². The van der Waals surface area contributed by atoms with Crippen LogP contribution < -0.4 is 10.6 Å². The van der Waals surface area contributed by atoms with Crippen LogP contribution in [0.15, 0.2) is 42.5 Å². The standard InChI is InChI=1S/C16H14ClN3O2/c17-11-4-1-2-5-12(11)20-16(22)14-7-3-6-13(19-14)15(21)18-10-8-9-10/h1-7,10H,8-9H2,(H,18,21)(H,20,22). The summed E-state index contributed by atoms with van der Waals surface area (Å²) in [4.78, 5) is 28.3. The zero-order valence-electron chi connectivity index (χ0n) is 11.7. The highest BCUT2D eigenvalue weighted by molar-refractivity contribution is 6.33. The fourth-order valence-corrected chi connectivity index (χ4v) is 2.11. The van der Waals surface area contributed by atoms with Crippen molar-refractivity contribution in [2.45, 2.75) is 18.9 Å². The number of nitrogens with zero attached hydrogens (tertiary/aromatic N) is 1. The Kier molecular flexibility index (Phi) is 4.06. The Bertz CT molecular complexity index is 729. The first kappa shape index (κ1) is 14.5. The number of anilines is 1. The van der Waals surface area contributed by atoms with E-state index in [0.29, 0.717) is 10.7 Å². The predicted molar refractivity (Wildman–Crippen MR) is 84.1 cm³/mol. The van der Waals surface area contributed by atoms with Gasteiger partial charge in [-0.25, -0.2) is 4.98 Å². The number of rotatable bonds is 4. The molecule has 1 saturated carbocycles. The summed E-state index contributed by atoms with van der Waals surface area (Å²) in [6.07, 6.45) is 2.00. The van der Waals surface area contributed by atoms with Crippen molar-refractivity contribution in [3.8, 4) is 0 Å². The Morgan fingerprint density at radius 1 is 1.00 bits per heavy atom. The summed E-state index contributed by atoms with van der Waals surface area (Å²) >= 11 is 6.00. The van der Waals surface area contributed by atoms with E-state index in [0.717, 1.165) is 12.8 Å². The molecular weight excluding hydrogens is 302 g/mol. The molecule has 2 N–H and O–H groups in total. The average Bonchev–Trinajstić information content (AvgIpc) is 3.33. The number of aromatic nitrogens is 1. The molecular formula is C16H14ClN3O2. The monoisotopic (exact) mass is 315 g/mol. The van der Waals surface area contributed by atoms with Gasteiger partial charge in [0.1, 0.15) is 11.4 Å². The van der Waals surface area contributed by atoms with Gasteiger partial charge in [-0.05, 0) is 37.1 Å². The van der Waals surface area contributed by atoms with E-state index in [4.69, 9.17) is 11.6 Å². The zero-order chi connectivity index (χ0) is 15.5. The molecule has 5 nitrogen and oxygen atoms in total. The van der Waals surface area contributed by atoms with Crippen molar-refractivity contribution in [3.63, 3.8) is 0 Å². The van der Waals surface area contributed by atoms with Crippen LogP contribution in [0.3, 0.4) is 0 Å². The normalized spacial score (nSPS) is 13.5. The Morgan fingerprint density at radius 3 is 2.36 bits per heavy atom. The average molecular weight is 316 g/mol. The minimum Gasteiger partial charge on any atom is -0.348 e. The molecule has 0 aliphatic heterocycles. The molecule has 0 bridgehead atoms. The van der Waals surface area contributed by atoms with Gasteiger partial charge in [0.25, 0.3) is 11.8 Å². The third-order valence-corrected chi connectivity index (χ3v) is 3.58. The van der Waals surface area contributed by atoms with Gasteiger partial charge in [0.05, 0.1) is 10.7 Å². The molecule has 6 heteroatoms. The molecule has 0 atom stereocenters. The van der Waals surface area contributed by atoms with E-state index in [2.05, 4.69) is 15.6 Å². The maximum atomic E-state index is 12.2. The van der Waals surface area contributed by atoms with Gasteiger partial charge >= 0.3 is 0 Å². The Hall–Kier alpha value is -2.40. The number of hydrogen-bond donors (Lipinski definition) is 2. The first-order valence-electron chi connectivity index (χ1n) is 6.97. The molecule has 0 saturated heterocycles. The second-order valence-electron chi connectivity index (χ2n) is 5.09. The summed E-state index contributed by atoms with van der Waals surface area (Å²) in [5, 5.41) is 5.96. The highest BCUT2D eigenvalue weighted by Crippen LogP contribution is 2.21. The van der Waals surface area contributed by atoms with E-state index in [1.807, 2.05) is 0 Å². The van der Waals surface area contributed by atoms with Crippen molar-refractivity contribution in [1.29, 1.82) is 0 Å². The molecule has 2 aromatic rings. The van der Waals surface area contributed by atoms with E-state index in [-0.39, 0.29) is 23.3 Å². The lowest BCUT2D eigenvalue weighted by Crippen LogP contribution is -2.27. The van der Waals surface area contributed by atoms with Gasteiger partial charge in [-0.2, -0.15) is 0 Å². The zero-order valence-corrected chi connectivity index (χ0v) is 12.4. The molecule has 1 heterocycles. The number of carbonyl (C=O) groups is 2. The fourth-order valence-electron chi connectivity index (χ4n) is 1.92. The topological polar surface area (TPSA) is 71.1 Å². The Labute approximate surface area is 132 Å². The first-order valence-corrected chi connectivity index (χ1v) is 7.35. The number of pyridine rings is 1. The van der Waals surface area contributed by atoms with Crippen molar-refractivity contribution in [2.24, 2.45) is 0 Å². The highest BCUT2D eigenvalue weighted by atomic mass is 35.5. The molecule has 0 spiro atoms. The van der Waals surface area contributed by atoms with Gasteiger partial charge in [0.2, 0.25) is 0 Å². The minimum atomic E-state index is -0.408. The number of para-hydroxylation sites is 1. The molecule has 1 fully saturated rings. The number of amides is 2. The lowest BCUT2D eigenvalue weighted by molar-refractivity contribution is 0.0946. The molecule has 112 valence electrons. The van der Waals surface area contributed by atoms with Crippen LogP contribution in [0.5, 0.6) is 0 Å². The molecule has 1 aromatic heterocycles. The van der Waals surface area contributed by atoms with Crippen LogP contribution in [0.25, 0.3) is 0 Å². The van der Waals surface area contributed by atoms with E-state index in [1.54, 1.807) is 42.5 Å². The summed E-state index contributed by atoms with van der Waals surface area (Å²) in [5.41, 5.74) is 0.908. The van der Waals surface area contributed by atoms with Crippen molar-refractivity contribution < 1.29 is 9.59 Å². The molecule has 22 heavy (non-hydrogen) atoms. The second kappa shape index (κ2) is 6.15. The van der Waals surface area contributed by atoms with E-state index in [9.17, 15) is 9.59 Å². The highest BCUT2D eigenvalue weighted by Gasteiger charge is 2.24. The minimum absolute atomic E-state index is 0.170. The maximum Gasteiger partial charge on any atom is 0.274 e. The van der Waals surface area contributed by atoms with Gasteiger partial charge in [0.15, 0.2) is 0 Å². The van der Waals surface area contributed by atoms with Crippen LogP contribution in [-0.4, -0.2) is 22.8 Å². The molecule has 1 aliphatic rings. The third kappa shape index (κ3) is 3.43. The summed E-state index contributed by atoms with van der Waals surface area (Å²) < 4.78 is 0. The summed E-state index contributed by atoms with van der Waals surface area (Å²) in [6, 6.07) is 12.0. The second-order valence-corrected chi connectivity index (χ2v) is 5.50. The molecule has 0 unspecified atom stereocenters. The quantitative estimate of drug-likeness (QED) is 0.911. The lowest BCUT2D eigenvalue weighted by Gasteiger charge is -2.08. The number of hydrogen-bond acceptors (Lipinski definition) is 3. The van der Waals surface area contributed by atoms with Gasteiger partial charge < -0.3 is 10.6 Å². The van der Waals surface area contributed by atoms with E-state index < -0.39 is 5.91 Å². The SMILES string of the molecule is O=C(Nc1ccccc1Cl)c1cccc(C(=O)NC2CC2)n1. The van der Waals surface area contributed by atoms with Crippen LogP contribution in [0.4, 0.5) is 5.69 Å². The predicted octanol–water partition coefficient (Wildman–Crippen LogP) is 2.88. The maximum absolute atomic E-state index is 12.2. The van der Waals surface area contributed by atoms with Crippen molar-refractivity contribution in [2.75, 3.05) is 5.32 Å². The van der Waals surface area contributed by atoms with Crippen LogP contribution >= 0.6 is 11.6 Å². The summed E-state index contributed by atoms with van der Waals surface area (Å²) in [7, 11) is 0. The third-order valence-electron chi connectivity index (χ3n) is 3.25.